The van der Waals surface area contributed by atoms with E-state index in [0.29, 0.717) is 31.0 Å². The third-order valence-corrected chi connectivity index (χ3v) is 6.53. The third-order valence-electron chi connectivity index (χ3n) is 6.53. The average molecular weight is 430 g/mol. The van der Waals surface area contributed by atoms with E-state index in [9.17, 15) is 4.79 Å². The molecule has 0 aromatic heterocycles. The summed E-state index contributed by atoms with van der Waals surface area (Å²) in [6.07, 6.45) is 0. The maximum absolute atomic E-state index is 12.5. The fourth-order valence-electron chi connectivity index (χ4n) is 5.04. The second-order valence-corrected chi connectivity index (χ2v) is 8.48. The smallest absolute Gasteiger partial charge is 0.234 e. The van der Waals surface area contributed by atoms with E-state index in [-0.39, 0.29) is 18.3 Å². The molecule has 0 spiro atoms. The van der Waals surface area contributed by atoms with Crippen molar-refractivity contribution in [3.05, 3.63) is 65.2 Å². The SMILES string of the molecule is COc1ccc([C@H]2[C@@H]3CN(CC(=O)NCc4ccccc4C)C[C@@H]3CN2C)cc1.Cl. The van der Waals surface area contributed by atoms with Crippen LogP contribution in [-0.4, -0.2) is 56.0 Å². The molecule has 2 fully saturated rings. The van der Waals surface area contributed by atoms with Crippen molar-refractivity contribution in [1.82, 2.24) is 15.1 Å². The van der Waals surface area contributed by atoms with Gasteiger partial charge in [-0.3, -0.25) is 14.6 Å². The first-order chi connectivity index (χ1) is 14.0. The molecule has 6 heteroatoms. The highest BCUT2D eigenvalue weighted by Crippen LogP contribution is 2.44. The first kappa shape index (κ1) is 22.6. The molecule has 1 N–H and O–H groups in total. The van der Waals surface area contributed by atoms with Crippen LogP contribution in [0.15, 0.2) is 48.5 Å². The van der Waals surface area contributed by atoms with Gasteiger partial charge in [0.25, 0.3) is 0 Å². The fraction of sp³-hybridized carbons (Fsp3) is 0.458. The predicted molar refractivity (Wildman–Crippen MR) is 122 cm³/mol. The lowest BCUT2D eigenvalue weighted by molar-refractivity contribution is -0.122. The maximum atomic E-state index is 12.5. The Labute approximate surface area is 185 Å². The van der Waals surface area contributed by atoms with Crippen LogP contribution in [0.1, 0.15) is 22.7 Å². The van der Waals surface area contributed by atoms with E-state index in [4.69, 9.17) is 4.74 Å². The second-order valence-electron chi connectivity index (χ2n) is 8.48. The van der Waals surface area contributed by atoms with Gasteiger partial charge in [-0.15, -0.1) is 12.4 Å². The summed E-state index contributed by atoms with van der Waals surface area (Å²) in [5.74, 6) is 2.20. The highest BCUT2D eigenvalue weighted by molar-refractivity contribution is 5.85. The molecule has 0 saturated carbocycles. The van der Waals surface area contributed by atoms with Crippen LogP contribution in [0.2, 0.25) is 0 Å². The van der Waals surface area contributed by atoms with Crippen LogP contribution in [0.4, 0.5) is 0 Å². The number of benzene rings is 2. The monoisotopic (exact) mass is 429 g/mol. The van der Waals surface area contributed by atoms with Crippen molar-refractivity contribution in [3.8, 4) is 5.75 Å². The van der Waals surface area contributed by atoms with Crippen molar-refractivity contribution in [2.24, 2.45) is 11.8 Å². The molecule has 2 aliphatic rings. The molecule has 2 aromatic carbocycles. The Hall–Kier alpha value is -2.08. The number of likely N-dealkylation sites (tertiary alicyclic amines) is 2. The first-order valence-electron chi connectivity index (χ1n) is 10.4. The normalized spacial score (nSPS) is 23.6. The van der Waals surface area contributed by atoms with Crippen LogP contribution >= 0.6 is 12.4 Å². The molecule has 0 aliphatic carbocycles. The standard InChI is InChI=1S/C24H31N3O2.ClH/c1-17-6-4-5-7-19(17)12-25-23(28)16-27-14-20-13-26(2)24(22(20)15-27)18-8-10-21(29-3)11-9-18;/h4-11,20,22,24H,12-16H2,1-3H3,(H,25,28);1H/t20-,22+,24-;/m0./s1. The van der Waals surface area contributed by atoms with Gasteiger partial charge >= 0.3 is 0 Å². The number of carbonyl (C=O) groups excluding carboxylic acids is 1. The van der Waals surface area contributed by atoms with Crippen LogP contribution in [0.25, 0.3) is 0 Å². The van der Waals surface area contributed by atoms with Gasteiger partial charge in [0.1, 0.15) is 5.75 Å². The average Bonchev–Trinajstić information content (AvgIpc) is 3.23. The minimum atomic E-state index is 0. The zero-order chi connectivity index (χ0) is 20.4. The molecular weight excluding hydrogens is 398 g/mol. The van der Waals surface area contributed by atoms with E-state index >= 15 is 0 Å². The van der Waals surface area contributed by atoms with E-state index in [1.54, 1.807) is 7.11 Å². The Morgan fingerprint density at radius 2 is 1.83 bits per heavy atom. The summed E-state index contributed by atoms with van der Waals surface area (Å²) in [7, 11) is 3.91. The van der Waals surface area contributed by atoms with Gasteiger partial charge in [-0.25, -0.2) is 0 Å². The summed E-state index contributed by atoms with van der Waals surface area (Å²) in [5.41, 5.74) is 3.74. The quantitative estimate of drug-likeness (QED) is 0.765. The second kappa shape index (κ2) is 9.82. The van der Waals surface area contributed by atoms with Gasteiger partial charge in [-0.2, -0.15) is 0 Å². The number of nitrogens with zero attached hydrogens (tertiary/aromatic N) is 2. The molecule has 0 radical (unpaired) electrons. The predicted octanol–water partition coefficient (Wildman–Crippen LogP) is 3.28. The number of aryl methyl sites for hydroxylation is 1. The lowest BCUT2D eigenvalue weighted by Crippen LogP contribution is -2.37. The topological polar surface area (TPSA) is 44.8 Å². The maximum Gasteiger partial charge on any atom is 0.234 e. The number of methoxy groups -OCH3 is 1. The van der Waals surface area contributed by atoms with E-state index in [2.05, 4.69) is 53.4 Å². The van der Waals surface area contributed by atoms with Crippen molar-refractivity contribution >= 4 is 18.3 Å². The molecule has 0 unspecified atom stereocenters. The summed E-state index contributed by atoms with van der Waals surface area (Å²) in [5, 5.41) is 3.09. The number of hydrogen-bond donors (Lipinski definition) is 1. The lowest BCUT2D eigenvalue weighted by atomic mass is 9.89. The van der Waals surface area contributed by atoms with Gasteiger partial charge in [0, 0.05) is 32.2 Å². The van der Waals surface area contributed by atoms with Gasteiger partial charge in [-0.1, -0.05) is 36.4 Å². The molecule has 0 bridgehead atoms. The summed E-state index contributed by atoms with van der Waals surface area (Å²) in [4.78, 5) is 17.3. The number of carbonyl (C=O) groups is 1. The van der Waals surface area contributed by atoms with Crippen LogP contribution in [0.3, 0.4) is 0 Å². The fourth-order valence-corrected chi connectivity index (χ4v) is 5.04. The molecule has 1 amide bonds. The molecule has 2 saturated heterocycles. The summed E-state index contributed by atoms with van der Waals surface area (Å²) in [6, 6.07) is 17.1. The highest BCUT2D eigenvalue weighted by Gasteiger charge is 2.46. The highest BCUT2D eigenvalue weighted by atomic mass is 35.5. The molecular formula is C24H32ClN3O2. The first-order valence-corrected chi connectivity index (χ1v) is 10.4. The largest absolute Gasteiger partial charge is 0.497 e. The zero-order valence-electron chi connectivity index (χ0n) is 18.0. The van der Waals surface area contributed by atoms with Gasteiger partial charge in [0.15, 0.2) is 0 Å². The minimum Gasteiger partial charge on any atom is -0.497 e. The summed E-state index contributed by atoms with van der Waals surface area (Å²) < 4.78 is 5.30. The minimum absolute atomic E-state index is 0. The Morgan fingerprint density at radius 1 is 1.10 bits per heavy atom. The Balaban J connectivity index is 0.00000256. The Bertz CT molecular complexity index is 858. The number of fused-ring (bicyclic) bond motifs is 1. The van der Waals surface area contributed by atoms with E-state index in [1.807, 2.05) is 24.3 Å². The van der Waals surface area contributed by atoms with E-state index in [0.717, 1.165) is 25.4 Å². The van der Waals surface area contributed by atoms with E-state index < -0.39 is 0 Å². The van der Waals surface area contributed by atoms with Crippen LogP contribution in [0, 0.1) is 18.8 Å². The van der Waals surface area contributed by atoms with Crippen molar-refractivity contribution in [2.45, 2.75) is 19.5 Å². The molecule has 30 heavy (non-hydrogen) atoms. The van der Waals surface area contributed by atoms with Gasteiger partial charge in [0.05, 0.1) is 13.7 Å². The zero-order valence-corrected chi connectivity index (χ0v) is 18.8. The van der Waals surface area contributed by atoms with Crippen LogP contribution < -0.4 is 10.1 Å². The number of halogens is 1. The van der Waals surface area contributed by atoms with Gasteiger partial charge < -0.3 is 10.1 Å². The summed E-state index contributed by atoms with van der Waals surface area (Å²) >= 11 is 0. The van der Waals surface area contributed by atoms with Gasteiger partial charge in [0.2, 0.25) is 5.91 Å². The number of rotatable bonds is 6. The molecule has 5 nitrogen and oxygen atoms in total. The number of ether oxygens (including phenoxy) is 1. The molecule has 2 aromatic rings. The molecule has 162 valence electrons. The van der Waals surface area contributed by atoms with Crippen molar-refractivity contribution in [1.29, 1.82) is 0 Å². The van der Waals surface area contributed by atoms with Gasteiger partial charge in [-0.05, 0) is 54.6 Å². The van der Waals surface area contributed by atoms with Crippen molar-refractivity contribution < 1.29 is 9.53 Å². The molecule has 4 rings (SSSR count). The van der Waals surface area contributed by atoms with E-state index in [1.165, 1.54) is 16.7 Å². The Kier molecular flexibility index (Phi) is 7.40. The molecule has 3 atom stereocenters. The molecule has 2 heterocycles. The van der Waals surface area contributed by atoms with Crippen molar-refractivity contribution in [2.75, 3.05) is 40.3 Å². The number of hydrogen-bond acceptors (Lipinski definition) is 4. The summed E-state index contributed by atoms with van der Waals surface area (Å²) in [6.45, 7) is 6.23. The van der Waals surface area contributed by atoms with Crippen LogP contribution in [0.5, 0.6) is 5.75 Å². The van der Waals surface area contributed by atoms with Crippen molar-refractivity contribution in [3.63, 3.8) is 0 Å². The molecule has 2 aliphatic heterocycles. The Morgan fingerprint density at radius 3 is 2.53 bits per heavy atom. The number of amides is 1. The van der Waals surface area contributed by atoms with Crippen LogP contribution in [-0.2, 0) is 11.3 Å². The lowest BCUT2D eigenvalue weighted by Gasteiger charge is -2.26. The third kappa shape index (κ3) is 4.80. The number of nitrogens with one attached hydrogen (secondary N) is 1.